The van der Waals surface area contributed by atoms with Crippen molar-refractivity contribution in [2.45, 2.75) is 349 Å². The van der Waals surface area contributed by atoms with Gasteiger partial charge in [0.25, 0.3) is 0 Å². The Balaban J connectivity index is 5.25. The molecule has 0 amide bonds. The van der Waals surface area contributed by atoms with Crippen molar-refractivity contribution < 1.29 is 80.2 Å². The van der Waals surface area contributed by atoms with Gasteiger partial charge < -0.3 is 33.8 Å². The number of phosphoric acid groups is 2. The van der Waals surface area contributed by atoms with Gasteiger partial charge in [-0.15, -0.1) is 0 Å². The van der Waals surface area contributed by atoms with E-state index in [4.69, 9.17) is 37.0 Å². The van der Waals surface area contributed by atoms with E-state index in [-0.39, 0.29) is 25.7 Å². The SMILES string of the molecule is CCCCCCCCCCCCCCCC(=O)OC[C@H](COP(=O)(O)OC[C@@H](O)COP(=O)(O)OC[C@@H](COC(=O)CCCCCCCCC(C)C)OC(=O)CCCCCCCCCCC(C)C)OC(=O)CCCCCCCCCCCCC(C)C. The molecule has 0 aliphatic heterocycles. The fourth-order valence-corrected chi connectivity index (χ4v) is 11.6. The van der Waals surface area contributed by atoms with Gasteiger partial charge in [0, 0.05) is 25.7 Å². The van der Waals surface area contributed by atoms with Gasteiger partial charge in [-0.1, -0.05) is 280 Å². The van der Waals surface area contributed by atoms with E-state index in [1.807, 2.05) is 0 Å². The molecule has 0 heterocycles. The Morgan fingerprint density at radius 3 is 0.791 bits per heavy atom. The lowest BCUT2D eigenvalue weighted by Gasteiger charge is -2.21. The topological polar surface area (TPSA) is 237 Å². The van der Waals surface area contributed by atoms with Gasteiger partial charge in [0.15, 0.2) is 12.2 Å². The first-order valence-electron chi connectivity index (χ1n) is 34.8. The Kier molecular flexibility index (Phi) is 56.9. The highest BCUT2D eigenvalue weighted by atomic mass is 31.2. The van der Waals surface area contributed by atoms with Crippen molar-refractivity contribution >= 4 is 39.5 Å². The molecule has 0 aromatic carbocycles. The number of carbonyl (C=O) groups excluding carboxylic acids is 4. The first kappa shape index (κ1) is 84.1. The average molecular weight is 1270 g/mol. The van der Waals surface area contributed by atoms with Gasteiger partial charge in [0.05, 0.1) is 26.4 Å². The molecule has 19 heteroatoms. The number of esters is 4. The molecule has 86 heavy (non-hydrogen) atoms. The summed E-state index contributed by atoms with van der Waals surface area (Å²) in [5, 5.41) is 10.6. The summed E-state index contributed by atoms with van der Waals surface area (Å²) in [4.78, 5) is 72.3. The first-order chi connectivity index (χ1) is 41.2. The van der Waals surface area contributed by atoms with Crippen LogP contribution in [-0.2, 0) is 65.4 Å². The largest absolute Gasteiger partial charge is 0.472 e. The molecule has 0 spiro atoms. The van der Waals surface area contributed by atoms with Crippen molar-refractivity contribution in [1.29, 1.82) is 0 Å². The predicted molar refractivity (Wildman–Crippen MR) is 344 cm³/mol. The molecule has 0 aromatic rings. The van der Waals surface area contributed by atoms with Gasteiger partial charge in [-0.05, 0) is 43.4 Å². The molecular formula is C67H130O17P2. The molecule has 0 saturated heterocycles. The van der Waals surface area contributed by atoms with E-state index < -0.39 is 97.5 Å². The van der Waals surface area contributed by atoms with Crippen molar-refractivity contribution in [3.05, 3.63) is 0 Å². The van der Waals surface area contributed by atoms with Gasteiger partial charge in [-0.3, -0.25) is 37.3 Å². The molecular weight excluding hydrogens is 1140 g/mol. The van der Waals surface area contributed by atoms with Crippen LogP contribution in [-0.4, -0.2) is 96.7 Å². The molecule has 3 N–H and O–H groups in total. The van der Waals surface area contributed by atoms with Crippen molar-refractivity contribution in [2.75, 3.05) is 39.6 Å². The van der Waals surface area contributed by atoms with E-state index >= 15 is 0 Å². The summed E-state index contributed by atoms with van der Waals surface area (Å²) in [5.41, 5.74) is 0. The van der Waals surface area contributed by atoms with Crippen molar-refractivity contribution in [3.8, 4) is 0 Å². The normalized spacial score (nSPS) is 14.3. The molecule has 0 rings (SSSR count). The molecule has 0 aliphatic rings. The number of aliphatic hydroxyl groups is 1. The van der Waals surface area contributed by atoms with Gasteiger partial charge in [-0.25, -0.2) is 9.13 Å². The third kappa shape index (κ3) is 60.9. The third-order valence-corrected chi connectivity index (χ3v) is 17.3. The van der Waals surface area contributed by atoms with Crippen LogP contribution in [0.2, 0.25) is 0 Å². The van der Waals surface area contributed by atoms with E-state index in [9.17, 15) is 43.2 Å². The van der Waals surface area contributed by atoms with Crippen LogP contribution in [0, 0.1) is 17.8 Å². The van der Waals surface area contributed by atoms with Gasteiger partial charge in [0.2, 0.25) is 0 Å². The monoisotopic (exact) mass is 1270 g/mol. The quantitative estimate of drug-likeness (QED) is 0.0222. The minimum absolute atomic E-state index is 0.103. The van der Waals surface area contributed by atoms with Gasteiger partial charge in [0.1, 0.15) is 19.3 Å². The minimum atomic E-state index is -4.95. The number of hydrogen-bond acceptors (Lipinski definition) is 15. The number of aliphatic hydroxyl groups excluding tert-OH is 1. The standard InChI is InChI=1S/C67H130O17P2/c1-8-9-10-11-12-13-14-15-16-20-26-34-41-48-64(69)77-54-62(83-66(71)50-43-36-27-21-18-17-19-24-31-38-45-58(2)3)56-81-85(73,74)79-52-61(68)53-80-86(75,76)82-57-63(55-78-65(70)49-42-35-30-29-33-40-47-60(6)7)84-67(72)51-44-37-28-23-22-25-32-39-46-59(4)5/h58-63,68H,8-57H2,1-7H3,(H,73,74)(H,75,76)/t61-,62-,63-/m1/s1. The molecule has 0 bridgehead atoms. The van der Waals surface area contributed by atoms with E-state index in [2.05, 4.69) is 48.5 Å². The fourth-order valence-electron chi connectivity index (χ4n) is 10.0. The second-order valence-corrected chi connectivity index (χ2v) is 28.5. The lowest BCUT2D eigenvalue weighted by Crippen LogP contribution is -2.30. The molecule has 0 aromatic heterocycles. The summed E-state index contributed by atoms with van der Waals surface area (Å²) in [6, 6.07) is 0. The van der Waals surface area contributed by atoms with Crippen LogP contribution in [0.5, 0.6) is 0 Å². The first-order valence-corrected chi connectivity index (χ1v) is 37.8. The van der Waals surface area contributed by atoms with Gasteiger partial charge in [-0.2, -0.15) is 0 Å². The van der Waals surface area contributed by atoms with E-state index in [0.29, 0.717) is 31.6 Å². The zero-order valence-electron chi connectivity index (χ0n) is 55.8. The Labute approximate surface area is 524 Å². The third-order valence-electron chi connectivity index (χ3n) is 15.4. The summed E-state index contributed by atoms with van der Waals surface area (Å²) in [5.74, 6) is 0.0164. The van der Waals surface area contributed by atoms with Crippen LogP contribution in [0.15, 0.2) is 0 Å². The maximum Gasteiger partial charge on any atom is 0.472 e. The second-order valence-electron chi connectivity index (χ2n) is 25.6. The van der Waals surface area contributed by atoms with Crippen molar-refractivity contribution in [2.24, 2.45) is 17.8 Å². The Morgan fingerprint density at radius 1 is 0.314 bits per heavy atom. The lowest BCUT2D eigenvalue weighted by atomic mass is 10.0. The van der Waals surface area contributed by atoms with Crippen LogP contribution in [0.25, 0.3) is 0 Å². The maximum absolute atomic E-state index is 13.0. The number of hydrogen-bond donors (Lipinski definition) is 3. The number of rotatable bonds is 65. The summed E-state index contributed by atoms with van der Waals surface area (Å²) in [6.45, 7) is 11.7. The number of carbonyl (C=O) groups is 4. The highest BCUT2D eigenvalue weighted by Crippen LogP contribution is 2.45. The summed E-state index contributed by atoms with van der Waals surface area (Å²) in [6.07, 6.45) is 40.4. The Hall–Kier alpha value is -1.94. The predicted octanol–water partition coefficient (Wildman–Crippen LogP) is 18.7. The molecule has 510 valence electrons. The van der Waals surface area contributed by atoms with Crippen LogP contribution in [0.1, 0.15) is 331 Å². The maximum atomic E-state index is 13.0. The summed E-state index contributed by atoms with van der Waals surface area (Å²) >= 11 is 0. The van der Waals surface area contributed by atoms with Crippen LogP contribution < -0.4 is 0 Å². The minimum Gasteiger partial charge on any atom is -0.462 e. The zero-order chi connectivity index (χ0) is 63.8. The van der Waals surface area contributed by atoms with Gasteiger partial charge >= 0.3 is 39.5 Å². The summed E-state index contributed by atoms with van der Waals surface area (Å²) in [7, 11) is -9.89. The highest BCUT2D eigenvalue weighted by Gasteiger charge is 2.30. The van der Waals surface area contributed by atoms with Crippen LogP contribution >= 0.6 is 15.6 Å². The second kappa shape index (κ2) is 58.2. The molecule has 5 atom stereocenters. The van der Waals surface area contributed by atoms with Crippen LogP contribution in [0.3, 0.4) is 0 Å². The summed E-state index contributed by atoms with van der Waals surface area (Å²) < 4.78 is 68.1. The lowest BCUT2D eigenvalue weighted by molar-refractivity contribution is -0.161. The Bertz CT molecular complexity index is 1700. The number of phosphoric ester groups is 2. The molecule has 2 unspecified atom stereocenters. The van der Waals surface area contributed by atoms with Crippen molar-refractivity contribution in [3.63, 3.8) is 0 Å². The fraction of sp³-hybridized carbons (Fsp3) is 0.940. The molecule has 0 saturated carbocycles. The molecule has 0 radical (unpaired) electrons. The average Bonchev–Trinajstić information content (AvgIpc) is 3.68. The Morgan fingerprint density at radius 2 is 0.535 bits per heavy atom. The van der Waals surface area contributed by atoms with E-state index in [0.717, 1.165) is 108 Å². The zero-order valence-corrected chi connectivity index (χ0v) is 57.6. The highest BCUT2D eigenvalue weighted by molar-refractivity contribution is 7.47. The van der Waals surface area contributed by atoms with E-state index in [1.165, 1.54) is 135 Å². The molecule has 0 aliphatic carbocycles. The van der Waals surface area contributed by atoms with E-state index in [1.54, 1.807) is 0 Å². The molecule has 17 nitrogen and oxygen atoms in total. The smallest absolute Gasteiger partial charge is 0.462 e. The number of unbranched alkanes of at least 4 members (excludes halogenated alkanes) is 33. The number of ether oxygens (including phenoxy) is 4. The van der Waals surface area contributed by atoms with Crippen LogP contribution in [0.4, 0.5) is 0 Å². The van der Waals surface area contributed by atoms with Crippen molar-refractivity contribution in [1.82, 2.24) is 0 Å². The molecule has 0 fully saturated rings.